The first kappa shape index (κ1) is 12.9. The highest BCUT2D eigenvalue weighted by Crippen LogP contribution is 2.29. The Hall–Kier alpha value is -1.55. The van der Waals surface area contributed by atoms with E-state index in [4.69, 9.17) is 11.6 Å². The van der Waals surface area contributed by atoms with Crippen LogP contribution in [0.5, 0.6) is 0 Å². The fraction of sp³-hybridized carbons (Fsp3) is 0.385. The number of carbonyl (C=O) groups is 1. The molecule has 1 aliphatic heterocycles. The van der Waals surface area contributed by atoms with Crippen molar-refractivity contribution >= 4 is 23.5 Å². The maximum Gasteiger partial charge on any atom is 0.257 e. The van der Waals surface area contributed by atoms with E-state index in [0.717, 1.165) is 5.56 Å². The van der Waals surface area contributed by atoms with Crippen molar-refractivity contribution < 1.29 is 4.79 Å². The molecule has 0 saturated carbocycles. The molecule has 96 valence electrons. The third kappa shape index (κ3) is 2.08. The molecule has 5 heteroatoms. The zero-order valence-corrected chi connectivity index (χ0v) is 11.2. The Morgan fingerprint density at radius 1 is 1.28 bits per heavy atom. The van der Waals surface area contributed by atoms with Crippen LogP contribution in [0.4, 0.5) is 0 Å². The predicted octanol–water partition coefficient (Wildman–Crippen LogP) is 2.04. The van der Waals surface area contributed by atoms with E-state index in [9.17, 15) is 4.79 Å². The monoisotopic (exact) mass is 265 g/mol. The van der Waals surface area contributed by atoms with Crippen molar-refractivity contribution in [1.82, 2.24) is 10.6 Å². The van der Waals surface area contributed by atoms with E-state index in [1.165, 1.54) is 0 Å². The number of carbonyl (C=O) groups excluding carboxylic acids is 1. The molecule has 1 aromatic rings. The summed E-state index contributed by atoms with van der Waals surface area (Å²) in [6.45, 7) is 4.52. The van der Waals surface area contributed by atoms with Crippen molar-refractivity contribution in [1.29, 1.82) is 0 Å². The summed E-state index contributed by atoms with van der Waals surface area (Å²) in [5.41, 5.74) is 0.159. The second-order valence-electron chi connectivity index (χ2n) is 4.17. The summed E-state index contributed by atoms with van der Waals surface area (Å²) in [4.78, 5) is 16.4. The maximum atomic E-state index is 12.2. The lowest BCUT2D eigenvalue weighted by atomic mass is 9.87. The molecule has 4 nitrogen and oxygen atoms in total. The number of amides is 1. The molecule has 1 atom stereocenters. The molecule has 1 fully saturated rings. The number of benzene rings is 1. The van der Waals surface area contributed by atoms with Crippen molar-refractivity contribution in [2.75, 3.05) is 6.54 Å². The smallest absolute Gasteiger partial charge is 0.257 e. The Kier molecular flexibility index (Phi) is 3.57. The number of halogens is 1. The van der Waals surface area contributed by atoms with Crippen LogP contribution >= 0.6 is 11.6 Å². The normalized spacial score (nSPS) is 25.1. The van der Waals surface area contributed by atoms with Gasteiger partial charge in [-0.15, -0.1) is 0 Å². The minimum Gasteiger partial charge on any atom is -0.338 e. The SMILES string of the molecule is CCN=C1NC(=O)C(CC)(c2ccc(Cl)cc2)N1. The van der Waals surface area contributed by atoms with Gasteiger partial charge >= 0.3 is 0 Å². The molecule has 1 saturated heterocycles. The Labute approximate surface area is 111 Å². The van der Waals surface area contributed by atoms with E-state index in [1.807, 2.05) is 26.0 Å². The number of guanidine groups is 1. The van der Waals surface area contributed by atoms with E-state index in [0.29, 0.717) is 23.9 Å². The van der Waals surface area contributed by atoms with E-state index in [1.54, 1.807) is 12.1 Å². The van der Waals surface area contributed by atoms with Gasteiger partial charge in [0, 0.05) is 11.6 Å². The van der Waals surface area contributed by atoms with Crippen LogP contribution in [-0.2, 0) is 10.3 Å². The lowest BCUT2D eigenvalue weighted by molar-refractivity contribution is -0.124. The minimum atomic E-state index is -0.738. The molecule has 0 aliphatic carbocycles. The quantitative estimate of drug-likeness (QED) is 0.879. The van der Waals surface area contributed by atoms with Gasteiger partial charge in [-0.1, -0.05) is 30.7 Å². The summed E-state index contributed by atoms with van der Waals surface area (Å²) in [6.07, 6.45) is 0.642. The number of nitrogens with zero attached hydrogens (tertiary/aromatic N) is 1. The summed E-state index contributed by atoms with van der Waals surface area (Å²) in [7, 11) is 0. The summed E-state index contributed by atoms with van der Waals surface area (Å²) >= 11 is 5.88. The van der Waals surface area contributed by atoms with E-state index >= 15 is 0 Å². The number of rotatable bonds is 3. The van der Waals surface area contributed by atoms with Crippen LogP contribution in [0.2, 0.25) is 5.02 Å². The summed E-state index contributed by atoms with van der Waals surface area (Å²) in [6, 6.07) is 7.32. The first-order valence-electron chi connectivity index (χ1n) is 6.02. The highest BCUT2D eigenvalue weighted by Gasteiger charge is 2.44. The molecular formula is C13H16ClN3O. The molecule has 0 spiro atoms. The van der Waals surface area contributed by atoms with Crippen LogP contribution < -0.4 is 10.6 Å². The van der Waals surface area contributed by atoms with Crippen LogP contribution in [0.25, 0.3) is 0 Å². The summed E-state index contributed by atoms with van der Waals surface area (Å²) < 4.78 is 0. The van der Waals surface area contributed by atoms with Crippen molar-refractivity contribution in [3.63, 3.8) is 0 Å². The zero-order chi connectivity index (χ0) is 13.2. The second kappa shape index (κ2) is 4.98. The van der Waals surface area contributed by atoms with Gasteiger partial charge in [0.25, 0.3) is 5.91 Å². The predicted molar refractivity (Wildman–Crippen MR) is 72.7 cm³/mol. The number of nitrogens with one attached hydrogen (secondary N) is 2. The van der Waals surface area contributed by atoms with Gasteiger partial charge in [0.15, 0.2) is 5.96 Å². The number of hydrogen-bond acceptors (Lipinski definition) is 2. The Bertz CT molecular complexity index is 484. The van der Waals surface area contributed by atoms with Crippen molar-refractivity contribution in [2.24, 2.45) is 4.99 Å². The van der Waals surface area contributed by atoms with Crippen molar-refractivity contribution in [2.45, 2.75) is 25.8 Å². The van der Waals surface area contributed by atoms with Crippen molar-refractivity contribution in [3.8, 4) is 0 Å². The first-order valence-corrected chi connectivity index (χ1v) is 6.40. The number of aliphatic imine (C=N–C) groups is 1. The van der Waals surface area contributed by atoms with E-state index in [2.05, 4.69) is 15.6 Å². The van der Waals surface area contributed by atoms with Crippen molar-refractivity contribution in [3.05, 3.63) is 34.9 Å². The van der Waals surface area contributed by atoms with Gasteiger partial charge in [0.1, 0.15) is 5.54 Å². The molecule has 1 aliphatic rings. The molecule has 1 heterocycles. The Morgan fingerprint density at radius 3 is 2.50 bits per heavy atom. The molecule has 1 aromatic carbocycles. The van der Waals surface area contributed by atoms with Gasteiger partial charge < -0.3 is 5.32 Å². The molecule has 2 rings (SSSR count). The average Bonchev–Trinajstić information content (AvgIpc) is 2.68. The van der Waals surface area contributed by atoms with Crippen LogP contribution in [-0.4, -0.2) is 18.4 Å². The fourth-order valence-electron chi connectivity index (χ4n) is 2.13. The fourth-order valence-corrected chi connectivity index (χ4v) is 2.26. The molecule has 18 heavy (non-hydrogen) atoms. The van der Waals surface area contributed by atoms with Gasteiger partial charge in [0.05, 0.1) is 0 Å². The Balaban J connectivity index is 2.40. The molecule has 0 bridgehead atoms. The van der Waals surface area contributed by atoms with Gasteiger partial charge in [-0.25, -0.2) is 0 Å². The molecular weight excluding hydrogens is 250 g/mol. The highest BCUT2D eigenvalue weighted by atomic mass is 35.5. The molecule has 2 N–H and O–H groups in total. The topological polar surface area (TPSA) is 53.5 Å². The van der Waals surface area contributed by atoms with Crippen LogP contribution in [0, 0.1) is 0 Å². The average molecular weight is 266 g/mol. The summed E-state index contributed by atoms with van der Waals surface area (Å²) in [5.74, 6) is 0.471. The van der Waals surface area contributed by atoms with Crippen LogP contribution in [0.1, 0.15) is 25.8 Å². The largest absolute Gasteiger partial charge is 0.338 e. The zero-order valence-electron chi connectivity index (χ0n) is 10.5. The second-order valence-corrected chi connectivity index (χ2v) is 4.60. The Morgan fingerprint density at radius 2 is 1.94 bits per heavy atom. The third-order valence-corrected chi connectivity index (χ3v) is 3.39. The lowest BCUT2D eigenvalue weighted by Gasteiger charge is -2.25. The standard InChI is InChI=1S/C13H16ClN3O/c1-3-13(9-5-7-10(14)8-6-9)11(18)16-12(17-13)15-4-2/h5-8H,3-4H2,1-2H3,(H2,15,16,17,18). The third-order valence-electron chi connectivity index (χ3n) is 3.13. The first-order chi connectivity index (χ1) is 8.62. The van der Waals surface area contributed by atoms with E-state index < -0.39 is 5.54 Å². The lowest BCUT2D eigenvalue weighted by Crippen LogP contribution is -2.43. The van der Waals surface area contributed by atoms with Gasteiger partial charge in [-0.3, -0.25) is 15.1 Å². The number of hydrogen-bond donors (Lipinski definition) is 2. The van der Waals surface area contributed by atoms with Crippen LogP contribution in [0.15, 0.2) is 29.3 Å². The molecule has 0 aromatic heterocycles. The minimum absolute atomic E-state index is 0.0699. The molecule has 1 unspecified atom stereocenters. The summed E-state index contributed by atoms with van der Waals surface area (Å²) in [5, 5.41) is 6.62. The van der Waals surface area contributed by atoms with Gasteiger partial charge in [-0.05, 0) is 31.0 Å². The van der Waals surface area contributed by atoms with Gasteiger partial charge in [-0.2, -0.15) is 0 Å². The molecule has 1 amide bonds. The van der Waals surface area contributed by atoms with Gasteiger partial charge in [0.2, 0.25) is 0 Å². The highest BCUT2D eigenvalue weighted by molar-refractivity contribution is 6.30. The van der Waals surface area contributed by atoms with E-state index in [-0.39, 0.29) is 5.91 Å². The molecule has 0 radical (unpaired) electrons. The van der Waals surface area contributed by atoms with Crippen LogP contribution in [0.3, 0.4) is 0 Å². The maximum absolute atomic E-state index is 12.2.